The van der Waals surface area contributed by atoms with Crippen molar-refractivity contribution in [2.45, 2.75) is 26.3 Å². The third-order valence-electron chi connectivity index (χ3n) is 1.25. The second kappa shape index (κ2) is 7.57. The quantitative estimate of drug-likeness (QED) is 0.587. The van der Waals surface area contributed by atoms with Crippen LogP contribution in [0.25, 0.3) is 0 Å². The minimum absolute atomic E-state index is 0.357. The Morgan fingerprint density at radius 2 is 1.80 bits per heavy atom. The molecule has 0 heterocycles. The Morgan fingerprint density at radius 3 is 1.87 bits per heavy atom. The Labute approximate surface area is 89.2 Å². The van der Waals surface area contributed by atoms with Crippen molar-refractivity contribution in [2.24, 2.45) is 11.7 Å². The molecule has 0 rings (SSSR count). The lowest BCUT2D eigenvalue weighted by atomic mass is 10.1. The molecule has 0 aromatic rings. The highest BCUT2D eigenvalue weighted by atomic mass is 32.3. The summed E-state index contributed by atoms with van der Waals surface area (Å²) < 4.78 is 29.7. The van der Waals surface area contributed by atoms with Crippen LogP contribution in [0, 0.1) is 5.92 Å². The molecule has 0 aromatic carbocycles. The molecule has 1 atom stereocenters. The molecule has 15 heavy (non-hydrogen) atoms. The fourth-order valence-electron chi connectivity index (χ4n) is 0.609. The molecule has 0 spiro atoms. The van der Waals surface area contributed by atoms with E-state index in [-0.39, 0.29) is 0 Å². The van der Waals surface area contributed by atoms with Gasteiger partial charge in [0.2, 0.25) is 0 Å². The van der Waals surface area contributed by atoms with Gasteiger partial charge in [-0.3, -0.25) is 13.5 Å². The van der Waals surface area contributed by atoms with Crippen LogP contribution in [0.3, 0.4) is 0 Å². The van der Waals surface area contributed by atoms with E-state index in [4.69, 9.17) is 15.4 Å². The molecule has 0 aliphatic carbocycles. The molecule has 0 aliphatic heterocycles. The third-order valence-corrected chi connectivity index (χ3v) is 1.67. The molecule has 0 aliphatic rings. The maximum atomic E-state index is 10.1. The van der Waals surface area contributed by atoms with Crippen molar-refractivity contribution in [1.29, 1.82) is 0 Å². The van der Waals surface area contributed by atoms with E-state index in [9.17, 15) is 13.2 Å². The molecule has 0 saturated carbocycles. The fraction of sp³-hybridized carbons (Fsp3) is 0.857. The first-order chi connectivity index (χ1) is 6.60. The maximum Gasteiger partial charge on any atom is 0.397 e. The van der Waals surface area contributed by atoms with Crippen LogP contribution in [0.4, 0.5) is 0 Å². The van der Waals surface area contributed by atoms with E-state index in [1.807, 2.05) is 13.8 Å². The summed E-state index contributed by atoms with van der Waals surface area (Å²) >= 11 is 0. The molecule has 4 N–H and O–H groups in total. The Bertz CT molecular complexity index is 273. The lowest BCUT2D eigenvalue weighted by Gasteiger charge is -2.07. The number of aliphatic carboxylic acids is 1. The van der Waals surface area contributed by atoms with E-state index in [1.54, 1.807) is 0 Å². The van der Waals surface area contributed by atoms with E-state index >= 15 is 0 Å². The van der Waals surface area contributed by atoms with Gasteiger partial charge >= 0.3 is 16.4 Å². The zero-order valence-corrected chi connectivity index (χ0v) is 9.69. The highest BCUT2D eigenvalue weighted by molar-refractivity contribution is 7.80. The SMILES string of the molecule is CC(C)C[C@H](N)C(=O)O.COS(=O)(=O)O. The van der Waals surface area contributed by atoms with E-state index in [0.717, 1.165) is 7.11 Å². The van der Waals surface area contributed by atoms with Gasteiger partial charge in [-0.05, 0) is 12.3 Å². The normalized spacial score (nSPS) is 12.9. The van der Waals surface area contributed by atoms with Crippen molar-refractivity contribution in [3.8, 4) is 0 Å². The van der Waals surface area contributed by atoms with Crippen LogP contribution >= 0.6 is 0 Å². The molecule has 0 amide bonds. The van der Waals surface area contributed by atoms with E-state index in [2.05, 4.69) is 4.18 Å². The first-order valence-corrected chi connectivity index (χ1v) is 5.48. The van der Waals surface area contributed by atoms with Gasteiger partial charge in [0.1, 0.15) is 6.04 Å². The van der Waals surface area contributed by atoms with Crippen LogP contribution in [0.2, 0.25) is 0 Å². The fourth-order valence-corrected chi connectivity index (χ4v) is 0.609. The molecular weight excluding hydrogens is 226 g/mol. The van der Waals surface area contributed by atoms with Gasteiger partial charge in [0.25, 0.3) is 0 Å². The molecule has 0 saturated heterocycles. The lowest BCUT2D eigenvalue weighted by molar-refractivity contribution is -0.138. The average molecular weight is 243 g/mol. The van der Waals surface area contributed by atoms with Crippen LogP contribution in [-0.4, -0.2) is 37.2 Å². The van der Waals surface area contributed by atoms with Gasteiger partial charge < -0.3 is 10.8 Å². The van der Waals surface area contributed by atoms with Crippen LogP contribution in [0.5, 0.6) is 0 Å². The molecule has 8 heteroatoms. The number of nitrogens with two attached hydrogens (primary N) is 1. The van der Waals surface area contributed by atoms with Crippen LogP contribution in [-0.2, 0) is 19.4 Å². The van der Waals surface area contributed by atoms with Gasteiger partial charge in [-0.1, -0.05) is 13.8 Å². The second-order valence-corrected chi connectivity index (χ2v) is 4.36. The van der Waals surface area contributed by atoms with Crippen molar-refractivity contribution in [3.63, 3.8) is 0 Å². The van der Waals surface area contributed by atoms with Gasteiger partial charge in [-0.2, -0.15) is 8.42 Å². The Balaban J connectivity index is 0. The van der Waals surface area contributed by atoms with E-state index in [1.165, 1.54) is 0 Å². The molecule has 0 radical (unpaired) electrons. The minimum atomic E-state index is -4.16. The monoisotopic (exact) mass is 243 g/mol. The molecule has 7 nitrogen and oxygen atoms in total. The summed E-state index contributed by atoms with van der Waals surface area (Å²) in [7, 11) is -3.29. The largest absolute Gasteiger partial charge is 0.480 e. The summed E-state index contributed by atoms with van der Waals surface area (Å²) in [6.07, 6.45) is 0.551. The average Bonchev–Trinajstić information content (AvgIpc) is 2.02. The number of carbonyl (C=O) groups is 1. The topological polar surface area (TPSA) is 127 Å². The van der Waals surface area contributed by atoms with Crippen LogP contribution in [0.15, 0.2) is 0 Å². The number of rotatable bonds is 4. The highest BCUT2D eigenvalue weighted by Gasteiger charge is 2.11. The summed E-state index contributed by atoms with van der Waals surface area (Å²) in [6.45, 7) is 3.89. The van der Waals surface area contributed by atoms with E-state index < -0.39 is 22.4 Å². The number of carboxylic acid groups (broad SMARTS) is 1. The van der Waals surface area contributed by atoms with Crippen molar-refractivity contribution in [2.75, 3.05) is 7.11 Å². The van der Waals surface area contributed by atoms with Gasteiger partial charge in [0, 0.05) is 0 Å². The van der Waals surface area contributed by atoms with Gasteiger partial charge in [0.05, 0.1) is 7.11 Å². The zero-order valence-electron chi connectivity index (χ0n) is 8.87. The van der Waals surface area contributed by atoms with Crippen molar-refractivity contribution >= 4 is 16.4 Å². The molecular formula is C7H17NO6S. The van der Waals surface area contributed by atoms with Crippen molar-refractivity contribution in [1.82, 2.24) is 0 Å². The number of carboxylic acids is 1. The summed E-state index contributed by atoms with van der Waals surface area (Å²) in [5.74, 6) is -0.556. The zero-order chi connectivity index (χ0) is 12.6. The first-order valence-electron chi connectivity index (χ1n) is 4.11. The van der Waals surface area contributed by atoms with Crippen molar-refractivity contribution in [3.05, 3.63) is 0 Å². The second-order valence-electron chi connectivity index (χ2n) is 3.17. The standard InChI is InChI=1S/C6H13NO2.CH4O4S/c1-4(2)3-5(7)6(8)9;1-5-6(2,3)4/h4-5H,3,7H2,1-2H3,(H,8,9);1H3,(H,2,3,4)/t5-;/m0./s1. The van der Waals surface area contributed by atoms with E-state index in [0.29, 0.717) is 12.3 Å². The van der Waals surface area contributed by atoms with Crippen molar-refractivity contribution < 1.29 is 27.1 Å². The minimum Gasteiger partial charge on any atom is -0.480 e. The predicted octanol–water partition coefficient (Wildman–Crippen LogP) is -0.120. The maximum absolute atomic E-state index is 10.1. The molecule has 0 aromatic heterocycles. The number of hydrogen-bond acceptors (Lipinski definition) is 5. The molecule has 92 valence electrons. The van der Waals surface area contributed by atoms with Gasteiger partial charge in [-0.15, -0.1) is 0 Å². The predicted molar refractivity (Wildman–Crippen MR) is 53.6 cm³/mol. The molecule has 0 fully saturated rings. The van der Waals surface area contributed by atoms with Gasteiger partial charge in [0.15, 0.2) is 0 Å². The molecule has 0 unspecified atom stereocenters. The number of hydrogen-bond donors (Lipinski definition) is 3. The molecule has 0 bridgehead atoms. The summed E-state index contributed by atoms with van der Waals surface area (Å²) in [5.41, 5.74) is 5.22. The Kier molecular flexibility index (Phi) is 8.44. The smallest absolute Gasteiger partial charge is 0.397 e. The summed E-state index contributed by atoms with van der Waals surface area (Å²) in [6, 6.07) is -0.690. The summed E-state index contributed by atoms with van der Waals surface area (Å²) in [4.78, 5) is 10.1. The summed E-state index contributed by atoms with van der Waals surface area (Å²) in [5, 5.41) is 8.31. The lowest BCUT2D eigenvalue weighted by Crippen LogP contribution is -2.31. The Morgan fingerprint density at radius 1 is 1.47 bits per heavy atom. The highest BCUT2D eigenvalue weighted by Crippen LogP contribution is 2.01. The Hall–Kier alpha value is -0.700. The van der Waals surface area contributed by atoms with Crippen LogP contribution in [0.1, 0.15) is 20.3 Å². The van der Waals surface area contributed by atoms with Gasteiger partial charge in [-0.25, -0.2) is 0 Å². The first kappa shape index (κ1) is 16.7. The van der Waals surface area contributed by atoms with Crippen LogP contribution < -0.4 is 5.73 Å². The third kappa shape index (κ3) is 16.0.